The summed E-state index contributed by atoms with van der Waals surface area (Å²) in [5.41, 5.74) is 0.755. The highest BCUT2D eigenvalue weighted by Gasteiger charge is 2.36. The normalized spacial score (nSPS) is 24.1. The molecule has 0 spiro atoms. The predicted molar refractivity (Wildman–Crippen MR) is 74.8 cm³/mol. The van der Waals surface area contributed by atoms with Crippen molar-refractivity contribution in [2.75, 3.05) is 19.6 Å². The third kappa shape index (κ3) is 3.78. The molecule has 1 aliphatic rings. The molecule has 0 saturated carbocycles. The molecule has 2 unspecified atom stereocenters. The number of carbonyl (C=O) groups excluding carboxylic acids is 1. The van der Waals surface area contributed by atoms with Crippen molar-refractivity contribution in [3.05, 3.63) is 35.9 Å². The van der Waals surface area contributed by atoms with Crippen molar-refractivity contribution >= 4 is 5.91 Å². The maximum absolute atomic E-state index is 12.1. The van der Waals surface area contributed by atoms with Crippen LogP contribution in [0.4, 0.5) is 0 Å². The summed E-state index contributed by atoms with van der Waals surface area (Å²) in [7, 11) is 0. The van der Waals surface area contributed by atoms with Crippen LogP contribution in [0.5, 0.6) is 0 Å². The lowest BCUT2D eigenvalue weighted by Gasteiger charge is -2.22. The Bertz CT molecular complexity index is 413. The minimum Gasteiger partial charge on any atom is -0.391 e. The maximum Gasteiger partial charge on any atom is 0.227 e. The van der Waals surface area contributed by atoms with Crippen LogP contribution < -0.4 is 10.6 Å². The molecule has 0 bridgehead atoms. The van der Waals surface area contributed by atoms with Gasteiger partial charge in [-0.3, -0.25) is 4.79 Å². The Morgan fingerprint density at radius 3 is 2.84 bits per heavy atom. The van der Waals surface area contributed by atoms with E-state index < -0.39 is 6.10 Å². The molecule has 3 N–H and O–H groups in total. The van der Waals surface area contributed by atoms with E-state index in [4.69, 9.17) is 0 Å². The van der Waals surface area contributed by atoms with Crippen molar-refractivity contribution in [1.82, 2.24) is 10.6 Å². The first kappa shape index (κ1) is 14.0. The first-order valence-corrected chi connectivity index (χ1v) is 6.81. The number of hydrogen-bond acceptors (Lipinski definition) is 3. The van der Waals surface area contributed by atoms with Crippen LogP contribution in [0.15, 0.2) is 30.3 Å². The summed E-state index contributed by atoms with van der Waals surface area (Å²) < 4.78 is 0. The van der Waals surface area contributed by atoms with Gasteiger partial charge < -0.3 is 15.7 Å². The molecule has 4 heteroatoms. The molecule has 19 heavy (non-hydrogen) atoms. The quantitative estimate of drug-likeness (QED) is 0.732. The number of carbonyl (C=O) groups is 1. The molecule has 1 heterocycles. The van der Waals surface area contributed by atoms with E-state index in [0.29, 0.717) is 19.5 Å². The summed E-state index contributed by atoms with van der Waals surface area (Å²) in [6.45, 7) is 3.87. The van der Waals surface area contributed by atoms with E-state index in [-0.39, 0.29) is 11.3 Å². The Labute approximate surface area is 114 Å². The molecule has 1 amide bonds. The fourth-order valence-corrected chi connectivity index (χ4v) is 2.39. The number of nitrogens with one attached hydrogen (secondary N) is 2. The molecule has 1 aliphatic heterocycles. The van der Waals surface area contributed by atoms with Gasteiger partial charge in [0.05, 0.1) is 11.5 Å². The van der Waals surface area contributed by atoms with E-state index in [1.807, 2.05) is 37.3 Å². The average molecular weight is 262 g/mol. The van der Waals surface area contributed by atoms with Gasteiger partial charge in [-0.25, -0.2) is 0 Å². The van der Waals surface area contributed by atoms with E-state index in [1.54, 1.807) is 0 Å². The Morgan fingerprint density at radius 2 is 2.21 bits per heavy atom. The molecule has 2 rings (SSSR count). The fourth-order valence-electron chi connectivity index (χ4n) is 2.39. The zero-order valence-corrected chi connectivity index (χ0v) is 11.4. The van der Waals surface area contributed by atoms with E-state index in [0.717, 1.165) is 18.5 Å². The van der Waals surface area contributed by atoms with Gasteiger partial charge in [0.2, 0.25) is 5.91 Å². The number of hydrogen-bond donors (Lipinski definition) is 3. The highest BCUT2D eigenvalue weighted by molar-refractivity contribution is 5.82. The van der Waals surface area contributed by atoms with E-state index in [9.17, 15) is 9.90 Å². The summed E-state index contributed by atoms with van der Waals surface area (Å²) in [5, 5.41) is 16.0. The molecule has 0 radical (unpaired) electrons. The number of benzene rings is 1. The van der Waals surface area contributed by atoms with Gasteiger partial charge in [-0.2, -0.15) is 0 Å². The van der Waals surface area contributed by atoms with Gasteiger partial charge >= 0.3 is 0 Å². The predicted octanol–water partition coefficient (Wildman–Crippen LogP) is 0.706. The van der Waals surface area contributed by atoms with E-state index >= 15 is 0 Å². The highest BCUT2D eigenvalue weighted by Crippen LogP contribution is 2.24. The van der Waals surface area contributed by atoms with Gasteiger partial charge in [-0.1, -0.05) is 30.3 Å². The Morgan fingerprint density at radius 1 is 1.47 bits per heavy atom. The van der Waals surface area contributed by atoms with Crippen LogP contribution in [0, 0.1) is 5.41 Å². The first-order valence-electron chi connectivity index (χ1n) is 6.81. The van der Waals surface area contributed by atoms with E-state index in [1.165, 1.54) is 0 Å². The van der Waals surface area contributed by atoms with Crippen molar-refractivity contribution < 1.29 is 9.90 Å². The summed E-state index contributed by atoms with van der Waals surface area (Å²) in [5.74, 6) is 0.0320. The number of rotatable bonds is 5. The van der Waals surface area contributed by atoms with Crippen LogP contribution in [-0.2, 0) is 11.2 Å². The lowest BCUT2D eigenvalue weighted by atomic mass is 9.89. The minimum absolute atomic E-state index is 0.0320. The zero-order chi connectivity index (χ0) is 13.7. The second kappa shape index (κ2) is 6.17. The van der Waals surface area contributed by atoms with Crippen LogP contribution >= 0.6 is 0 Å². The first-order chi connectivity index (χ1) is 9.10. The number of aliphatic hydroxyl groups is 1. The lowest BCUT2D eigenvalue weighted by Crippen LogP contribution is -2.43. The molecule has 1 fully saturated rings. The highest BCUT2D eigenvalue weighted by atomic mass is 16.3. The molecular formula is C15H22N2O2. The van der Waals surface area contributed by atoms with Gasteiger partial charge in [0.1, 0.15) is 0 Å². The van der Waals surface area contributed by atoms with Gasteiger partial charge in [0, 0.05) is 19.5 Å². The number of amides is 1. The standard InChI is InChI=1S/C15H22N2O2/c1-15(7-8-16-11-15)14(19)17-10-13(18)9-12-5-3-2-4-6-12/h2-6,13,16,18H,7-11H2,1H3,(H,17,19). The third-order valence-electron chi connectivity index (χ3n) is 3.73. The van der Waals surface area contributed by atoms with Crippen molar-refractivity contribution in [2.45, 2.75) is 25.9 Å². The SMILES string of the molecule is CC1(C(=O)NCC(O)Cc2ccccc2)CCNC1. The topological polar surface area (TPSA) is 61.4 Å². The van der Waals surface area contributed by atoms with Crippen molar-refractivity contribution in [1.29, 1.82) is 0 Å². The summed E-state index contributed by atoms with van der Waals surface area (Å²) in [6.07, 6.45) is 0.883. The van der Waals surface area contributed by atoms with Gasteiger partial charge in [-0.15, -0.1) is 0 Å². The van der Waals surface area contributed by atoms with Crippen LogP contribution in [0.1, 0.15) is 18.9 Å². The van der Waals surface area contributed by atoms with Crippen LogP contribution in [0.25, 0.3) is 0 Å². The van der Waals surface area contributed by atoms with Crippen LogP contribution in [-0.4, -0.2) is 36.8 Å². The third-order valence-corrected chi connectivity index (χ3v) is 3.73. The van der Waals surface area contributed by atoms with Crippen LogP contribution in [0.3, 0.4) is 0 Å². The zero-order valence-electron chi connectivity index (χ0n) is 11.4. The van der Waals surface area contributed by atoms with Gasteiger partial charge in [0.15, 0.2) is 0 Å². The van der Waals surface area contributed by atoms with E-state index in [2.05, 4.69) is 10.6 Å². The smallest absolute Gasteiger partial charge is 0.227 e. The number of aliphatic hydroxyl groups excluding tert-OH is 1. The largest absolute Gasteiger partial charge is 0.391 e. The molecule has 1 aromatic carbocycles. The monoisotopic (exact) mass is 262 g/mol. The summed E-state index contributed by atoms with van der Waals surface area (Å²) in [6, 6.07) is 9.81. The molecule has 1 saturated heterocycles. The Balaban J connectivity index is 1.77. The molecule has 0 aromatic heterocycles. The summed E-state index contributed by atoms with van der Waals surface area (Å²) >= 11 is 0. The second-order valence-corrected chi connectivity index (χ2v) is 5.54. The summed E-state index contributed by atoms with van der Waals surface area (Å²) in [4.78, 5) is 12.1. The van der Waals surface area contributed by atoms with Gasteiger partial charge in [-0.05, 0) is 25.5 Å². The lowest BCUT2D eigenvalue weighted by molar-refractivity contribution is -0.129. The molecule has 0 aliphatic carbocycles. The van der Waals surface area contributed by atoms with Crippen molar-refractivity contribution in [3.8, 4) is 0 Å². The van der Waals surface area contributed by atoms with Gasteiger partial charge in [0.25, 0.3) is 0 Å². The maximum atomic E-state index is 12.1. The van der Waals surface area contributed by atoms with Crippen LogP contribution in [0.2, 0.25) is 0 Å². The molecule has 2 atom stereocenters. The fraction of sp³-hybridized carbons (Fsp3) is 0.533. The molecule has 1 aromatic rings. The average Bonchev–Trinajstić information content (AvgIpc) is 2.85. The molecule has 104 valence electrons. The Kier molecular flexibility index (Phi) is 4.56. The molecular weight excluding hydrogens is 240 g/mol. The minimum atomic E-state index is -0.538. The van der Waals surface area contributed by atoms with Crippen molar-refractivity contribution in [3.63, 3.8) is 0 Å². The van der Waals surface area contributed by atoms with Crippen molar-refractivity contribution in [2.24, 2.45) is 5.41 Å². The second-order valence-electron chi connectivity index (χ2n) is 5.54. The Hall–Kier alpha value is -1.39. The molecule has 4 nitrogen and oxygen atoms in total.